The van der Waals surface area contributed by atoms with Gasteiger partial charge in [-0.3, -0.25) is 4.31 Å². The van der Waals surface area contributed by atoms with Crippen LogP contribution in [0.15, 0.2) is 59.5 Å². The molecule has 0 amide bonds. The van der Waals surface area contributed by atoms with E-state index in [1.54, 1.807) is 4.31 Å². The van der Waals surface area contributed by atoms with Gasteiger partial charge in [-0.25, -0.2) is 9.19 Å². The van der Waals surface area contributed by atoms with E-state index >= 15 is 0 Å². The first-order valence-corrected chi connectivity index (χ1v) is 14.0. The van der Waals surface area contributed by atoms with Crippen LogP contribution >= 0.6 is 0 Å². The molecule has 2 aliphatic heterocycles. The van der Waals surface area contributed by atoms with Gasteiger partial charge in [0, 0.05) is 5.56 Å². The van der Waals surface area contributed by atoms with Gasteiger partial charge in [0.2, 0.25) is 0 Å². The maximum atomic E-state index is 14.0. The van der Waals surface area contributed by atoms with Crippen molar-refractivity contribution < 1.29 is 17.4 Å². The minimum atomic E-state index is -4.55. The smallest absolute Gasteiger partial charge is 0.338 e. The minimum absolute atomic E-state index is 0.0388. The number of fused-ring (bicyclic) bond motifs is 2. The van der Waals surface area contributed by atoms with Gasteiger partial charge in [0.25, 0.3) is 0 Å². The summed E-state index contributed by atoms with van der Waals surface area (Å²) in [5, 5.41) is 3.12. The molecule has 1 atom stereocenters. The van der Waals surface area contributed by atoms with E-state index in [0.29, 0.717) is 27.8 Å². The fourth-order valence-electron chi connectivity index (χ4n) is 5.05. The normalized spacial score (nSPS) is 17.8. The summed E-state index contributed by atoms with van der Waals surface area (Å²) in [5.41, 5.74) is 3.13. The zero-order valence-corrected chi connectivity index (χ0v) is 22.9. The molecule has 5 rings (SSSR count). The largest absolute Gasteiger partial charge is 0.433 e. The summed E-state index contributed by atoms with van der Waals surface area (Å²) in [6, 6.07) is 16.1. The average molecular weight is 543 g/mol. The molecule has 0 aliphatic carbocycles. The van der Waals surface area contributed by atoms with Gasteiger partial charge in [-0.1, -0.05) is 45.0 Å². The Morgan fingerprint density at radius 2 is 1.66 bits per heavy atom. The second-order valence-electron chi connectivity index (χ2n) is 11.2. The number of anilines is 3. The maximum Gasteiger partial charge on any atom is 0.433 e. The first-order chi connectivity index (χ1) is 17.9. The number of hydrogen-bond acceptors (Lipinski definition) is 4. The fraction of sp³-hybridized carbons (Fsp3) is 0.414. The third-order valence-electron chi connectivity index (χ3n) is 7.44. The molecule has 5 nitrogen and oxygen atoms in total. The van der Waals surface area contributed by atoms with Crippen LogP contribution in [-0.4, -0.2) is 34.2 Å². The van der Waals surface area contributed by atoms with Gasteiger partial charge in [0.15, 0.2) is 11.0 Å². The molecule has 1 fully saturated rings. The Kier molecular flexibility index (Phi) is 7.02. The number of alkyl halides is 3. The molecule has 0 bridgehead atoms. The molecule has 1 N–H and O–H groups in total. The van der Waals surface area contributed by atoms with E-state index in [1.807, 2.05) is 36.4 Å². The first-order valence-electron chi connectivity index (χ1n) is 12.9. The molecule has 1 unspecified atom stereocenters. The lowest BCUT2D eigenvalue weighted by molar-refractivity contribution is -0.141. The molecule has 1 saturated heterocycles. The molecule has 38 heavy (non-hydrogen) atoms. The van der Waals surface area contributed by atoms with Gasteiger partial charge in [-0.2, -0.15) is 13.2 Å². The van der Waals surface area contributed by atoms with Crippen molar-refractivity contribution in [1.82, 2.24) is 9.88 Å². The van der Waals surface area contributed by atoms with Gasteiger partial charge in [-0.05, 0) is 85.8 Å². The van der Waals surface area contributed by atoms with E-state index in [2.05, 4.69) is 49.1 Å². The fourth-order valence-corrected chi connectivity index (χ4v) is 6.26. The molecule has 9 heteroatoms. The summed E-state index contributed by atoms with van der Waals surface area (Å²) in [7, 11) is 0.527. The van der Waals surface area contributed by atoms with Gasteiger partial charge in [0.05, 0.1) is 22.8 Å². The zero-order valence-electron chi connectivity index (χ0n) is 22.1. The summed E-state index contributed by atoms with van der Waals surface area (Å²) in [4.78, 5) is 6.85. The molecule has 0 saturated carbocycles. The minimum Gasteiger partial charge on any atom is -0.338 e. The van der Waals surface area contributed by atoms with Crippen LogP contribution in [0.1, 0.15) is 61.9 Å². The number of nitrogens with one attached hydrogen (secondary N) is 1. The topological polar surface area (TPSA) is 48.5 Å². The quantitative estimate of drug-likeness (QED) is 0.387. The number of piperidine rings is 1. The Morgan fingerprint density at radius 3 is 2.29 bits per heavy atom. The highest BCUT2D eigenvalue weighted by Gasteiger charge is 2.34. The Bertz CT molecular complexity index is 1340. The second kappa shape index (κ2) is 10.0. The van der Waals surface area contributed by atoms with Crippen LogP contribution in [0.25, 0.3) is 0 Å². The Hall–Kier alpha value is -2.91. The van der Waals surface area contributed by atoms with Crippen LogP contribution in [0.5, 0.6) is 0 Å². The molecular weight excluding hydrogens is 509 g/mol. The third kappa shape index (κ3) is 5.45. The summed E-state index contributed by atoms with van der Waals surface area (Å²) in [5.74, 6) is 0.508. The summed E-state index contributed by atoms with van der Waals surface area (Å²) in [6.45, 7) is 8.54. The van der Waals surface area contributed by atoms with Crippen LogP contribution in [0, 0.1) is 0 Å². The number of rotatable bonds is 3. The molecular formula is C29H33F3N4OS. The lowest BCUT2D eigenvalue weighted by Gasteiger charge is -2.30. The Balaban J connectivity index is 1.57. The zero-order chi connectivity index (χ0) is 27.2. The number of benzene rings is 2. The molecule has 0 radical (unpaired) electrons. The number of likely N-dealkylation sites (tertiary alicyclic amines) is 1. The molecule has 0 spiro atoms. The molecule has 2 aromatic carbocycles. The van der Waals surface area contributed by atoms with Crippen molar-refractivity contribution >= 4 is 28.2 Å². The average Bonchev–Trinajstić information content (AvgIpc) is 3.03. The summed E-state index contributed by atoms with van der Waals surface area (Å²) in [6.07, 6.45) is -2.51. The van der Waals surface area contributed by atoms with Crippen molar-refractivity contribution in [2.24, 2.45) is 0 Å². The van der Waals surface area contributed by atoms with Gasteiger partial charge < -0.3 is 10.2 Å². The number of pyridine rings is 1. The van der Waals surface area contributed by atoms with E-state index in [9.17, 15) is 17.4 Å². The maximum absolute atomic E-state index is 14.0. The summed E-state index contributed by atoms with van der Waals surface area (Å²) >= 11 is 0. The Labute approximate surface area is 224 Å². The van der Waals surface area contributed by atoms with Gasteiger partial charge in [0.1, 0.15) is 11.5 Å². The second-order valence-corrected chi connectivity index (χ2v) is 12.7. The van der Waals surface area contributed by atoms with Crippen molar-refractivity contribution in [3.63, 3.8) is 0 Å². The van der Waals surface area contributed by atoms with Gasteiger partial charge >= 0.3 is 6.18 Å². The van der Waals surface area contributed by atoms with Crippen LogP contribution in [0.2, 0.25) is 0 Å². The van der Waals surface area contributed by atoms with Crippen LogP contribution in [0.4, 0.5) is 30.4 Å². The predicted molar refractivity (Wildman–Crippen MR) is 146 cm³/mol. The SMILES string of the molecule is CN1CCC(c2ccc3c(c2)N(S(=O)c2ccc(C(C)(C)C)cc2)Cc2ccc(C(F)(F)F)nc2N3)CC1. The molecule has 1 aromatic heterocycles. The van der Waals surface area contributed by atoms with E-state index in [1.165, 1.54) is 6.07 Å². The standard InChI is InChI=1S/C29H33F3N4OS/c1-28(2,3)22-7-9-23(10-8-22)38(37)36-18-21-6-12-26(29(30,31)32)34-27(21)33-24-11-5-20(17-25(24)36)19-13-15-35(4)16-14-19/h5-12,17,19H,13-16,18H2,1-4H3,(H,33,34). The molecule has 2 aliphatic rings. The monoisotopic (exact) mass is 542 g/mol. The van der Waals surface area contributed by atoms with Gasteiger partial charge in [-0.15, -0.1) is 0 Å². The number of nitrogens with zero attached hydrogens (tertiary/aromatic N) is 3. The number of aromatic nitrogens is 1. The van der Waals surface area contributed by atoms with Crippen molar-refractivity contribution in [3.05, 3.63) is 77.0 Å². The highest BCUT2D eigenvalue weighted by molar-refractivity contribution is 7.86. The van der Waals surface area contributed by atoms with E-state index < -0.39 is 22.9 Å². The lowest BCUT2D eigenvalue weighted by atomic mass is 9.87. The molecule has 202 valence electrons. The summed E-state index contributed by atoms with van der Waals surface area (Å²) < 4.78 is 56.1. The van der Waals surface area contributed by atoms with Crippen molar-refractivity contribution in [2.75, 3.05) is 29.8 Å². The van der Waals surface area contributed by atoms with E-state index in [-0.39, 0.29) is 17.8 Å². The van der Waals surface area contributed by atoms with Crippen molar-refractivity contribution in [1.29, 1.82) is 0 Å². The highest BCUT2D eigenvalue weighted by Crippen LogP contribution is 2.41. The predicted octanol–water partition coefficient (Wildman–Crippen LogP) is 6.99. The van der Waals surface area contributed by atoms with Crippen molar-refractivity contribution in [3.8, 4) is 0 Å². The first kappa shape index (κ1) is 26.7. The van der Waals surface area contributed by atoms with Crippen molar-refractivity contribution in [2.45, 2.75) is 62.6 Å². The van der Waals surface area contributed by atoms with Crippen LogP contribution < -0.4 is 9.62 Å². The Morgan fingerprint density at radius 1 is 0.974 bits per heavy atom. The van der Waals surface area contributed by atoms with E-state index in [0.717, 1.165) is 43.1 Å². The third-order valence-corrected chi connectivity index (χ3v) is 8.84. The van der Waals surface area contributed by atoms with Crippen LogP contribution in [-0.2, 0) is 29.1 Å². The number of halogens is 3. The molecule has 3 aromatic rings. The van der Waals surface area contributed by atoms with Crippen LogP contribution in [0.3, 0.4) is 0 Å². The number of hydrogen-bond donors (Lipinski definition) is 1. The highest BCUT2D eigenvalue weighted by atomic mass is 32.2. The lowest BCUT2D eigenvalue weighted by Crippen LogP contribution is -2.29. The van der Waals surface area contributed by atoms with E-state index in [4.69, 9.17) is 0 Å². The molecule has 3 heterocycles.